The van der Waals surface area contributed by atoms with E-state index < -0.39 is 0 Å². The predicted molar refractivity (Wildman–Crippen MR) is 159 cm³/mol. The van der Waals surface area contributed by atoms with Gasteiger partial charge in [0.1, 0.15) is 17.0 Å². The molecule has 8 rings (SSSR count). The molecule has 42 heavy (non-hydrogen) atoms. The molecule has 0 radical (unpaired) electrons. The van der Waals surface area contributed by atoms with Crippen LogP contribution in [0.2, 0.25) is 0 Å². The first-order valence-corrected chi connectivity index (χ1v) is 14.8. The van der Waals surface area contributed by atoms with E-state index >= 15 is 0 Å². The van der Waals surface area contributed by atoms with E-state index in [4.69, 9.17) is 20.4 Å². The number of hydrogen-bond donors (Lipinski definition) is 2. The number of nitrogens with one attached hydrogen (secondary N) is 1. The van der Waals surface area contributed by atoms with E-state index in [2.05, 4.69) is 28.1 Å². The number of methoxy groups -OCH3 is 1. The van der Waals surface area contributed by atoms with Crippen LogP contribution in [0, 0.1) is 12.8 Å². The fourth-order valence-electron chi connectivity index (χ4n) is 6.88. The third kappa shape index (κ3) is 3.88. The van der Waals surface area contributed by atoms with E-state index in [-0.39, 0.29) is 23.9 Å². The number of rotatable bonds is 6. The standard InChI is InChI=1S/C32H33N7O3/c1-17-30(36-27-12-21(14-29(42-2)38(17)27)32(41)39-22-6-8-25(39)23(33)15-22)26-11-20-5-7-24(19-9-10-34-28(40)13-19)35-31(20)37(26)16-18-3-4-18/h5,7-8,11-14,18,22-23H,3-4,6,9-10,15-16,33H2,1-2H3,(H,34,40)/t22-,23+/m0/s1. The summed E-state index contributed by atoms with van der Waals surface area (Å²) < 4.78 is 10.1. The second-order valence-electron chi connectivity index (χ2n) is 12.0. The van der Waals surface area contributed by atoms with Gasteiger partial charge in [-0.05, 0) is 74.8 Å². The number of aryl methyl sites for hydroxylation is 1. The Morgan fingerprint density at radius 1 is 1.19 bits per heavy atom. The van der Waals surface area contributed by atoms with Crippen LogP contribution in [-0.2, 0) is 11.3 Å². The van der Waals surface area contributed by atoms with Crippen molar-refractivity contribution in [1.29, 1.82) is 0 Å². The molecule has 214 valence electrons. The van der Waals surface area contributed by atoms with Crippen LogP contribution < -0.4 is 15.8 Å². The topological polar surface area (TPSA) is 120 Å². The Labute approximate surface area is 242 Å². The zero-order valence-electron chi connectivity index (χ0n) is 23.8. The smallest absolute Gasteiger partial charge is 0.258 e. The maximum absolute atomic E-state index is 13.7. The summed E-state index contributed by atoms with van der Waals surface area (Å²) in [4.78, 5) is 37.7. The van der Waals surface area contributed by atoms with E-state index in [1.165, 1.54) is 12.8 Å². The number of ether oxygens (including phenoxy) is 1. The molecule has 10 nitrogen and oxygen atoms in total. The summed E-state index contributed by atoms with van der Waals surface area (Å²) in [6.07, 6.45) is 8.55. The number of nitrogens with zero attached hydrogens (tertiary/aromatic N) is 5. The third-order valence-corrected chi connectivity index (χ3v) is 9.19. The van der Waals surface area contributed by atoms with E-state index in [9.17, 15) is 9.59 Å². The molecule has 0 unspecified atom stereocenters. The van der Waals surface area contributed by atoms with Crippen LogP contribution in [0.1, 0.15) is 53.8 Å². The molecule has 2 amide bonds. The van der Waals surface area contributed by atoms with Gasteiger partial charge in [-0.25, -0.2) is 9.97 Å². The molecular weight excluding hydrogens is 530 g/mol. The van der Waals surface area contributed by atoms with Gasteiger partial charge < -0.3 is 25.3 Å². The number of carbonyl (C=O) groups is 2. The average Bonchev–Trinajstić information content (AvgIpc) is 3.31. The van der Waals surface area contributed by atoms with E-state index in [1.54, 1.807) is 19.3 Å². The van der Waals surface area contributed by atoms with Gasteiger partial charge in [0.15, 0.2) is 5.88 Å². The van der Waals surface area contributed by atoms with Crippen LogP contribution in [0.4, 0.5) is 0 Å². The van der Waals surface area contributed by atoms with E-state index in [1.807, 2.05) is 28.4 Å². The summed E-state index contributed by atoms with van der Waals surface area (Å²) in [5.74, 6) is 1.03. The first kappa shape index (κ1) is 25.3. The molecular formula is C32H33N7O3. The van der Waals surface area contributed by atoms with E-state index in [0.717, 1.165) is 70.9 Å². The Hall–Kier alpha value is -4.44. The molecule has 10 heteroatoms. The van der Waals surface area contributed by atoms with Gasteiger partial charge in [0, 0.05) is 54.0 Å². The lowest BCUT2D eigenvalue weighted by molar-refractivity contribution is -0.116. The Bertz CT molecular complexity index is 1880. The van der Waals surface area contributed by atoms with Gasteiger partial charge in [-0.1, -0.05) is 6.08 Å². The van der Waals surface area contributed by atoms with Crippen molar-refractivity contribution in [1.82, 2.24) is 29.2 Å². The zero-order valence-corrected chi connectivity index (χ0v) is 23.8. The quantitative estimate of drug-likeness (QED) is 0.368. The number of nitrogens with two attached hydrogens (primary N) is 1. The van der Waals surface area contributed by atoms with Crippen molar-refractivity contribution in [3.63, 3.8) is 0 Å². The summed E-state index contributed by atoms with van der Waals surface area (Å²) >= 11 is 0. The Kier molecular flexibility index (Phi) is 5.59. The van der Waals surface area contributed by atoms with Crippen molar-refractivity contribution >= 4 is 34.1 Å². The monoisotopic (exact) mass is 563 g/mol. The summed E-state index contributed by atoms with van der Waals surface area (Å²) in [5.41, 5.74) is 13.8. The highest BCUT2D eigenvalue weighted by Gasteiger charge is 2.42. The normalized spacial score (nSPS) is 21.7. The molecule has 3 aliphatic heterocycles. The van der Waals surface area contributed by atoms with Crippen LogP contribution in [0.5, 0.6) is 5.88 Å². The van der Waals surface area contributed by atoms with Gasteiger partial charge in [-0.2, -0.15) is 0 Å². The second kappa shape index (κ2) is 9.29. The number of hydrogen-bond acceptors (Lipinski definition) is 6. The van der Waals surface area contributed by atoms with Crippen molar-refractivity contribution in [3.8, 4) is 17.3 Å². The first-order valence-electron chi connectivity index (χ1n) is 14.8. The minimum absolute atomic E-state index is 0.0648. The van der Waals surface area contributed by atoms with Gasteiger partial charge in [0.2, 0.25) is 5.91 Å². The average molecular weight is 564 g/mol. The molecule has 0 spiro atoms. The van der Waals surface area contributed by atoms with Crippen molar-refractivity contribution in [3.05, 3.63) is 65.1 Å². The van der Waals surface area contributed by atoms with Crippen LogP contribution in [-0.4, -0.2) is 61.4 Å². The lowest BCUT2D eigenvalue weighted by atomic mass is 10.0. The lowest BCUT2D eigenvalue weighted by Gasteiger charge is -2.20. The Morgan fingerprint density at radius 3 is 2.76 bits per heavy atom. The van der Waals surface area contributed by atoms with Crippen LogP contribution in [0.25, 0.3) is 33.6 Å². The van der Waals surface area contributed by atoms with Gasteiger partial charge in [0.25, 0.3) is 5.91 Å². The lowest BCUT2D eigenvalue weighted by Crippen LogP contribution is -2.31. The van der Waals surface area contributed by atoms with Crippen molar-refractivity contribution in [2.24, 2.45) is 11.7 Å². The Balaban J connectivity index is 1.25. The summed E-state index contributed by atoms with van der Waals surface area (Å²) in [7, 11) is 1.62. The van der Waals surface area contributed by atoms with Gasteiger partial charge in [-0.15, -0.1) is 0 Å². The van der Waals surface area contributed by atoms with Crippen LogP contribution >= 0.6 is 0 Å². The molecule has 2 fully saturated rings. The molecule has 4 aliphatic rings. The SMILES string of the molecule is COc1cc(C(=O)N2C3=CC[C@H]2C[C@H]3N)cc2nc(-c3cc4ccc(C5=CC(=O)NCC5)nc4n3CC3CC3)c(C)n12. The molecule has 1 saturated heterocycles. The van der Waals surface area contributed by atoms with Crippen molar-refractivity contribution in [2.75, 3.05) is 13.7 Å². The summed E-state index contributed by atoms with van der Waals surface area (Å²) in [6, 6.07) is 9.94. The highest BCUT2D eigenvalue weighted by Crippen LogP contribution is 2.39. The largest absolute Gasteiger partial charge is 0.482 e. The fourth-order valence-corrected chi connectivity index (χ4v) is 6.88. The summed E-state index contributed by atoms with van der Waals surface area (Å²) in [6.45, 7) is 3.51. The number of amides is 2. The van der Waals surface area contributed by atoms with Gasteiger partial charge in [0.05, 0.1) is 24.2 Å². The maximum Gasteiger partial charge on any atom is 0.258 e. The van der Waals surface area contributed by atoms with Crippen LogP contribution in [0.3, 0.4) is 0 Å². The molecule has 0 aromatic carbocycles. The maximum atomic E-state index is 13.7. The van der Waals surface area contributed by atoms with Crippen molar-refractivity contribution in [2.45, 2.75) is 57.7 Å². The van der Waals surface area contributed by atoms with Gasteiger partial charge >= 0.3 is 0 Å². The minimum Gasteiger partial charge on any atom is -0.482 e. The third-order valence-electron chi connectivity index (χ3n) is 9.19. The van der Waals surface area contributed by atoms with Gasteiger partial charge in [-0.3, -0.25) is 14.0 Å². The Morgan fingerprint density at radius 2 is 2.05 bits per heavy atom. The van der Waals surface area contributed by atoms with Crippen molar-refractivity contribution < 1.29 is 14.3 Å². The fraction of sp³-hybridized carbons (Fsp3) is 0.375. The molecule has 1 aliphatic carbocycles. The molecule has 2 bridgehead atoms. The number of carbonyl (C=O) groups excluding carboxylic acids is 2. The van der Waals surface area contributed by atoms with Crippen LogP contribution in [0.15, 0.2) is 48.2 Å². The highest BCUT2D eigenvalue weighted by molar-refractivity contribution is 5.98. The number of imidazole rings is 1. The predicted octanol–water partition coefficient (Wildman–Crippen LogP) is 3.81. The number of pyridine rings is 2. The molecule has 7 heterocycles. The second-order valence-corrected chi connectivity index (χ2v) is 12.0. The number of aromatic nitrogens is 4. The van der Waals surface area contributed by atoms with E-state index in [0.29, 0.717) is 29.6 Å². The molecule has 4 aromatic heterocycles. The molecule has 3 N–H and O–H groups in total. The molecule has 2 atom stereocenters. The zero-order chi connectivity index (χ0) is 28.7. The first-order chi connectivity index (χ1) is 20.4. The number of fused-ring (bicyclic) bond motifs is 4. The molecule has 4 aromatic rings. The molecule has 1 saturated carbocycles. The summed E-state index contributed by atoms with van der Waals surface area (Å²) in [5, 5.41) is 3.88. The highest BCUT2D eigenvalue weighted by atomic mass is 16.5. The minimum atomic E-state index is -0.0901.